The largest absolute Gasteiger partial charge is 0.495 e. The first-order chi connectivity index (χ1) is 15.5. The van der Waals surface area contributed by atoms with E-state index in [1.54, 1.807) is 18.1 Å². The molecule has 1 N–H and O–H groups in total. The van der Waals surface area contributed by atoms with E-state index in [9.17, 15) is 4.79 Å². The quantitative estimate of drug-likeness (QED) is 0.457. The van der Waals surface area contributed by atoms with Gasteiger partial charge in [-0.2, -0.15) is 0 Å². The first-order valence-electron chi connectivity index (χ1n) is 10.2. The summed E-state index contributed by atoms with van der Waals surface area (Å²) in [5, 5.41) is 11.6. The van der Waals surface area contributed by atoms with Gasteiger partial charge in [-0.15, -0.1) is 5.10 Å². The summed E-state index contributed by atoms with van der Waals surface area (Å²) in [6.45, 7) is 1.94. The Kier molecular flexibility index (Phi) is 5.26. The topological polar surface area (TPSA) is 86.9 Å². The van der Waals surface area contributed by atoms with Gasteiger partial charge < -0.3 is 14.6 Å². The van der Waals surface area contributed by atoms with Gasteiger partial charge >= 0.3 is 0 Å². The van der Waals surface area contributed by atoms with Gasteiger partial charge in [0, 0.05) is 21.9 Å². The van der Waals surface area contributed by atoms with Crippen molar-refractivity contribution in [2.75, 3.05) is 12.4 Å². The van der Waals surface area contributed by atoms with Gasteiger partial charge in [0.05, 0.1) is 31.0 Å². The molecule has 3 heterocycles. The summed E-state index contributed by atoms with van der Waals surface area (Å²) < 4.78 is 10.2. The molecule has 32 heavy (non-hydrogen) atoms. The molecule has 0 bridgehead atoms. The van der Waals surface area contributed by atoms with Gasteiger partial charge in [0.25, 0.3) is 0 Å². The second-order valence-corrected chi connectivity index (χ2v) is 8.56. The molecule has 2 aromatic heterocycles. The molecule has 1 aliphatic heterocycles. The fraction of sp³-hybridized carbons (Fsp3) is 0.217. The van der Waals surface area contributed by atoms with E-state index in [1.165, 1.54) is 0 Å². The maximum Gasteiger partial charge on any atom is 0.249 e. The van der Waals surface area contributed by atoms with Gasteiger partial charge in [-0.1, -0.05) is 33.3 Å². The van der Waals surface area contributed by atoms with E-state index in [2.05, 4.69) is 36.5 Å². The Morgan fingerprint density at radius 1 is 1.22 bits per heavy atom. The molecule has 2 aromatic carbocycles. The lowest BCUT2D eigenvalue weighted by molar-refractivity contribution is -0.119. The average Bonchev–Trinajstić information content (AvgIpc) is 3.41. The van der Waals surface area contributed by atoms with Gasteiger partial charge in [-0.25, -0.2) is 9.67 Å². The summed E-state index contributed by atoms with van der Waals surface area (Å²) >= 11 is 3.58. The number of amides is 1. The number of methoxy groups -OCH3 is 1. The minimum absolute atomic E-state index is 0.0956. The van der Waals surface area contributed by atoms with Crippen molar-refractivity contribution in [3.8, 4) is 22.7 Å². The van der Waals surface area contributed by atoms with Crippen LogP contribution < -0.4 is 10.1 Å². The van der Waals surface area contributed by atoms with Crippen molar-refractivity contribution in [1.29, 1.82) is 0 Å². The molecule has 8 nitrogen and oxygen atoms in total. The van der Waals surface area contributed by atoms with Gasteiger partial charge in [0.2, 0.25) is 5.91 Å². The van der Waals surface area contributed by atoms with Crippen molar-refractivity contribution >= 4 is 27.5 Å². The zero-order valence-electron chi connectivity index (χ0n) is 17.6. The molecule has 1 unspecified atom stereocenters. The number of nitrogens with one attached hydrogen (secondary N) is 1. The molecular weight excluding hydrogens is 472 g/mol. The monoisotopic (exact) mass is 492 g/mol. The summed E-state index contributed by atoms with van der Waals surface area (Å²) in [6, 6.07) is 11.2. The fourth-order valence-corrected chi connectivity index (χ4v) is 4.54. The summed E-state index contributed by atoms with van der Waals surface area (Å²) in [6.07, 6.45) is 6.89. The zero-order chi connectivity index (χ0) is 22.2. The molecule has 0 spiro atoms. The van der Waals surface area contributed by atoms with Crippen molar-refractivity contribution in [1.82, 2.24) is 24.5 Å². The molecule has 0 radical (unpaired) electrons. The number of aromatic nitrogens is 5. The Bertz CT molecular complexity index is 1310. The molecule has 1 atom stereocenters. The predicted octanol–water partition coefficient (Wildman–Crippen LogP) is 4.34. The molecule has 1 aliphatic rings. The molecule has 5 rings (SSSR count). The fourth-order valence-electron chi connectivity index (χ4n) is 3.97. The lowest BCUT2D eigenvalue weighted by Crippen LogP contribution is -2.25. The zero-order valence-corrected chi connectivity index (χ0v) is 19.2. The van der Waals surface area contributed by atoms with Crippen LogP contribution in [0.3, 0.4) is 0 Å². The minimum atomic E-state index is -0.439. The van der Waals surface area contributed by atoms with Gasteiger partial charge in [-0.05, 0) is 49.6 Å². The number of anilines is 1. The lowest BCUT2D eigenvalue weighted by Gasteiger charge is -2.12. The molecule has 0 aliphatic carbocycles. The molecule has 9 heteroatoms. The third-order valence-electron chi connectivity index (χ3n) is 5.64. The first-order valence-corrected chi connectivity index (χ1v) is 11.0. The van der Waals surface area contributed by atoms with Gasteiger partial charge in [0.1, 0.15) is 17.5 Å². The Morgan fingerprint density at radius 3 is 2.88 bits per heavy atom. The Balaban J connectivity index is 1.43. The van der Waals surface area contributed by atoms with Crippen molar-refractivity contribution < 1.29 is 9.53 Å². The lowest BCUT2D eigenvalue weighted by atomic mass is 10.1. The number of nitrogens with zero attached hydrogens (tertiary/aromatic N) is 5. The molecule has 4 aromatic rings. The van der Waals surface area contributed by atoms with Crippen LogP contribution in [-0.2, 0) is 11.2 Å². The summed E-state index contributed by atoms with van der Waals surface area (Å²) in [5.41, 5.74) is 5.27. The number of carbonyl (C=O) groups excluding carboxylic acids is 1. The van der Waals surface area contributed by atoms with E-state index >= 15 is 0 Å². The SMILES string of the molecule is COc1cc(-c2cn(C3CCc4c(Br)cccc4NC3=O)nn2)ccc1-n1cnc(C)c1. The molecule has 0 saturated heterocycles. The Morgan fingerprint density at radius 2 is 2.09 bits per heavy atom. The number of ether oxygens (including phenoxy) is 1. The third-order valence-corrected chi connectivity index (χ3v) is 6.39. The Labute approximate surface area is 193 Å². The molecule has 0 fully saturated rings. The van der Waals surface area contributed by atoms with E-state index in [0.717, 1.165) is 39.1 Å². The number of fused-ring (bicyclic) bond motifs is 1. The number of rotatable bonds is 4. The minimum Gasteiger partial charge on any atom is -0.495 e. The van der Waals surface area contributed by atoms with Crippen LogP contribution in [0, 0.1) is 6.92 Å². The van der Waals surface area contributed by atoms with Crippen molar-refractivity contribution in [2.24, 2.45) is 0 Å². The summed E-state index contributed by atoms with van der Waals surface area (Å²) in [4.78, 5) is 17.2. The highest BCUT2D eigenvalue weighted by Crippen LogP contribution is 2.33. The van der Waals surface area contributed by atoms with Crippen LogP contribution in [0.5, 0.6) is 5.75 Å². The average molecular weight is 493 g/mol. The van der Waals surface area contributed by atoms with Crippen LogP contribution in [0.1, 0.15) is 23.7 Å². The van der Waals surface area contributed by atoms with E-state index in [4.69, 9.17) is 4.74 Å². The maximum atomic E-state index is 12.9. The first kappa shape index (κ1) is 20.4. The number of benzene rings is 2. The molecule has 162 valence electrons. The third kappa shape index (κ3) is 3.69. The number of imidazole rings is 1. The van der Waals surface area contributed by atoms with Crippen LogP contribution >= 0.6 is 15.9 Å². The smallest absolute Gasteiger partial charge is 0.249 e. The van der Waals surface area contributed by atoms with E-state index in [1.807, 2.05) is 60.3 Å². The normalized spacial score (nSPS) is 15.7. The van der Waals surface area contributed by atoms with Crippen LogP contribution in [0.15, 0.2) is 59.6 Å². The van der Waals surface area contributed by atoms with E-state index in [0.29, 0.717) is 17.9 Å². The van der Waals surface area contributed by atoms with Crippen molar-refractivity contribution in [3.63, 3.8) is 0 Å². The second-order valence-electron chi connectivity index (χ2n) is 7.70. The molecule has 1 amide bonds. The number of hydrogen-bond donors (Lipinski definition) is 1. The standard InChI is InChI=1S/C23H21BrN6O2/c1-14-11-29(13-25-14)20-8-6-15(10-22(20)32-2)19-12-30(28-27-19)21-9-7-16-17(24)4-3-5-18(16)26-23(21)31/h3-6,8,10-13,21H,7,9H2,1-2H3,(H,26,31). The van der Waals surface area contributed by atoms with Crippen LogP contribution in [0.2, 0.25) is 0 Å². The highest BCUT2D eigenvalue weighted by molar-refractivity contribution is 9.10. The van der Waals surface area contributed by atoms with E-state index in [-0.39, 0.29) is 5.91 Å². The van der Waals surface area contributed by atoms with Crippen LogP contribution in [0.4, 0.5) is 5.69 Å². The Hall–Kier alpha value is -3.46. The molecular formula is C23H21BrN6O2. The maximum absolute atomic E-state index is 12.9. The number of halogens is 1. The van der Waals surface area contributed by atoms with Crippen molar-refractivity contribution in [3.05, 3.63) is 70.8 Å². The summed E-state index contributed by atoms with van der Waals surface area (Å²) in [5.74, 6) is 0.601. The molecule has 0 saturated carbocycles. The van der Waals surface area contributed by atoms with Crippen molar-refractivity contribution in [2.45, 2.75) is 25.8 Å². The number of carbonyl (C=O) groups is 1. The van der Waals surface area contributed by atoms with Gasteiger partial charge in [0.15, 0.2) is 0 Å². The van der Waals surface area contributed by atoms with E-state index < -0.39 is 6.04 Å². The van der Waals surface area contributed by atoms with Crippen LogP contribution in [0.25, 0.3) is 16.9 Å². The predicted molar refractivity (Wildman–Crippen MR) is 124 cm³/mol. The highest BCUT2D eigenvalue weighted by Gasteiger charge is 2.27. The number of aryl methyl sites for hydroxylation is 1. The van der Waals surface area contributed by atoms with Gasteiger partial charge in [-0.3, -0.25) is 4.79 Å². The highest BCUT2D eigenvalue weighted by atomic mass is 79.9. The van der Waals surface area contributed by atoms with Crippen LogP contribution in [-0.4, -0.2) is 37.6 Å². The summed E-state index contributed by atoms with van der Waals surface area (Å²) in [7, 11) is 1.63. The number of hydrogen-bond acceptors (Lipinski definition) is 5. The second kappa shape index (κ2) is 8.23.